The van der Waals surface area contributed by atoms with Gasteiger partial charge in [-0.25, -0.2) is 0 Å². The van der Waals surface area contributed by atoms with Gasteiger partial charge >= 0.3 is 0 Å². The van der Waals surface area contributed by atoms with E-state index in [0.717, 1.165) is 11.1 Å². The van der Waals surface area contributed by atoms with Crippen molar-refractivity contribution in [3.63, 3.8) is 0 Å². The van der Waals surface area contributed by atoms with Crippen LogP contribution in [0.15, 0.2) is 78.9 Å². The van der Waals surface area contributed by atoms with Crippen LogP contribution in [-0.2, 0) is 22.6 Å². The van der Waals surface area contributed by atoms with E-state index in [1.807, 2.05) is 55.5 Å². The first-order chi connectivity index (χ1) is 16.0. The number of ether oxygens (including phenoxy) is 1. The lowest BCUT2D eigenvalue weighted by Crippen LogP contribution is -2.51. The number of amides is 2. The first-order valence-corrected chi connectivity index (χ1v) is 11.5. The van der Waals surface area contributed by atoms with Crippen LogP contribution in [0.5, 0.6) is 5.75 Å². The molecule has 0 radical (unpaired) electrons. The van der Waals surface area contributed by atoms with Gasteiger partial charge in [0.05, 0.1) is 0 Å². The van der Waals surface area contributed by atoms with Gasteiger partial charge in [-0.15, -0.1) is 0 Å². The summed E-state index contributed by atoms with van der Waals surface area (Å²) in [7, 11) is 0. The topological polar surface area (TPSA) is 58.6 Å². The van der Waals surface area contributed by atoms with E-state index in [4.69, 9.17) is 27.9 Å². The molecule has 5 nitrogen and oxygen atoms in total. The number of rotatable bonds is 10. The highest BCUT2D eigenvalue weighted by Gasteiger charge is 2.30. The van der Waals surface area contributed by atoms with Gasteiger partial charge in [0, 0.05) is 29.6 Å². The Morgan fingerprint density at radius 1 is 0.939 bits per heavy atom. The van der Waals surface area contributed by atoms with E-state index in [-0.39, 0.29) is 25.0 Å². The average Bonchev–Trinajstić information content (AvgIpc) is 2.82. The third-order valence-electron chi connectivity index (χ3n) is 5.10. The van der Waals surface area contributed by atoms with Crippen LogP contribution in [0.2, 0.25) is 10.0 Å². The highest BCUT2D eigenvalue weighted by molar-refractivity contribution is 6.31. The van der Waals surface area contributed by atoms with Crippen molar-refractivity contribution >= 4 is 35.0 Å². The van der Waals surface area contributed by atoms with E-state index in [9.17, 15) is 9.59 Å². The highest BCUT2D eigenvalue weighted by atomic mass is 35.5. The Labute approximate surface area is 204 Å². The molecule has 0 spiro atoms. The van der Waals surface area contributed by atoms with Gasteiger partial charge < -0.3 is 15.0 Å². The molecule has 0 saturated heterocycles. The molecule has 1 atom stereocenters. The minimum Gasteiger partial charge on any atom is -0.484 e. The molecule has 1 N–H and O–H groups in total. The van der Waals surface area contributed by atoms with Crippen LogP contribution in [0, 0.1) is 0 Å². The fourth-order valence-electron chi connectivity index (χ4n) is 3.41. The maximum Gasteiger partial charge on any atom is 0.261 e. The Balaban J connectivity index is 1.89. The summed E-state index contributed by atoms with van der Waals surface area (Å²) in [6.07, 6.45) is 0.365. The SMILES string of the molecule is CCNC(=O)[C@H](Cc1ccccc1)N(Cc1ccccc1Cl)C(=O)COc1ccc(Cl)cc1. The zero-order valence-electron chi connectivity index (χ0n) is 18.3. The molecule has 0 heterocycles. The second kappa shape index (κ2) is 12.3. The number of halogens is 2. The van der Waals surface area contributed by atoms with Crippen molar-refractivity contribution in [2.45, 2.75) is 25.9 Å². The number of hydrogen-bond acceptors (Lipinski definition) is 3. The monoisotopic (exact) mass is 484 g/mol. The number of nitrogens with one attached hydrogen (secondary N) is 1. The summed E-state index contributed by atoms with van der Waals surface area (Å²) in [6.45, 7) is 2.26. The van der Waals surface area contributed by atoms with E-state index in [1.54, 1.807) is 30.3 Å². The van der Waals surface area contributed by atoms with Crippen molar-refractivity contribution in [1.82, 2.24) is 10.2 Å². The fourth-order valence-corrected chi connectivity index (χ4v) is 3.74. The molecular formula is C26H26Cl2N2O3. The quantitative estimate of drug-likeness (QED) is 0.432. The first-order valence-electron chi connectivity index (χ1n) is 10.7. The molecule has 0 unspecified atom stereocenters. The number of benzene rings is 3. The van der Waals surface area contributed by atoms with Crippen LogP contribution < -0.4 is 10.1 Å². The molecule has 3 aromatic rings. The molecule has 0 aromatic heterocycles. The van der Waals surface area contributed by atoms with E-state index in [2.05, 4.69) is 5.32 Å². The smallest absolute Gasteiger partial charge is 0.261 e. The molecule has 33 heavy (non-hydrogen) atoms. The predicted octanol–water partition coefficient (Wildman–Crippen LogP) is 5.15. The van der Waals surface area contributed by atoms with Crippen molar-refractivity contribution in [1.29, 1.82) is 0 Å². The molecule has 0 aliphatic carbocycles. The van der Waals surface area contributed by atoms with Gasteiger partial charge in [-0.1, -0.05) is 71.7 Å². The predicted molar refractivity (Wildman–Crippen MR) is 132 cm³/mol. The number of carbonyl (C=O) groups is 2. The highest BCUT2D eigenvalue weighted by Crippen LogP contribution is 2.21. The van der Waals surface area contributed by atoms with Gasteiger partial charge in [0.15, 0.2) is 6.61 Å². The number of carbonyl (C=O) groups excluding carboxylic acids is 2. The summed E-state index contributed by atoms with van der Waals surface area (Å²) in [5, 5.41) is 3.97. The third-order valence-corrected chi connectivity index (χ3v) is 5.72. The zero-order chi connectivity index (χ0) is 23.6. The van der Waals surface area contributed by atoms with Gasteiger partial charge in [0.2, 0.25) is 5.91 Å². The minimum atomic E-state index is -0.732. The van der Waals surface area contributed by atoms with Gasteiger partial charge in [0.1, 0.15) is 11.8 Å². The van der Waals surface area contributed by atoms with Gasteiger partial charge in [0.25, 0.3) is 5.91 Å². The first kappa shape index (κ1) is 24.6. The summed E-state index contributed by atoms with van der Waals surface area (Å²) in [4.78, 5) is 28.0. The fraction of sp³-hybridized carbons (Fsp3) is 0.231. The molecule has 0 fully saturated rings. The van der Waals surface area contributed by atoms with E-state index in [0.29, 0.717) is 28.8 Å². The van der Waals surface area contributed by atoms with Crippen LogP contribution in [0.3, 0.4) is 0 Å². The zero-order valence-corrected chi connectivity index (χ0v) is 19.9. The van der Waals surface area contributed by atoms with Crippen molar-refractivity contribution in [2.24, 2.45) is 0 Å². The molecule has 172 valence electrons. The Bertz CT molecular complexity index is 1060. The van der Waals surface area contributed by atoms with Crippen molar-refractivity contribution in [2.75, 3.05) is 13.2 Å². The number of nitrogens with zero attached hydrogens (tertiary/aromatic N) is 1. The van der Waals surface area contributed by atoms with Gasteiger partial charge in [-0.2, -0.15) is 0 Å². The van der Waals surface area contributed by atoms with Crippen molar-refractivity contribution in [3.8, 4) is 5.75 Å². The average molecular weight is 485 g/mol. The van der Waals surface area contributed by atoms with Crippen molar-refractivity contribution in [3.05, 3.63) is 100 Å². The molecular weight excluding hydrogens is 459 g/mol. The lowest BCUT2D eigenvalue weighted by molar-refractivity contribution is -0.142. The number of hydrogen-bond donors (Lipinski definition) is 1. The molecule has 0 aliphatic rings. The molecule has 2 amide bonds. The molecule has 3 rings (SSSR count). The van der Waals surface area contributed by atoms with Crippen LogP contribution in [0.1, 0.15) is 18.1 Å². The Morgan fingerprint density at radius 2 is 1.61 bits per heavy atom. The number of likely N-dealkylation sites (N-methyl/N-ethyl adjacent to an activating group) is 1. The van der Waals surface area contributed by atoms with Crippen LogP contribution in [-0.4, -0.2) is 35.9 Å². The molecule has 0 bridgehead atoms. The summed E-state index contributed by atoms with van der Waals surface area (Å²) in [6, 6.07) is 22.9. The molecule has 3 aromatic carbocycles. The lowest BCUT2D eigenvalue weighted by atomic mass is 10.0. The van der Waals surface area contributed by atoms with Crippen LogP contribution in [0.4, 0.5) is 0 Å². The molecule has 0 saturated carbocycles. The third kappa shape index (κ3) is 7.24. The summed E-state index contributed by atoms with van der Waals surface area (Å²) in [5.74, 6) is -0.0339. The minimum absolute atomic E-state index is 0.178. The van der Waals surface area contributed by atoms with Crippen LogP contribution >= 0.6 is 23.2 Å². The largest absolute Gasteiger partial charge is 0.484 e. The normalized spacial score (nSPS) is 11.5. The summed E-state index contributed by atoms with van der Waals surface area (Å²) in [5.41, 5.74) is 1.70. The second-order valence-electron chi connectivity index (χ2n) is 7.46. The maximum absolute atomic E-state index is 13.4. The van der Waals surface area contributed by atoms with Gasteiger partial charge in [-0.05, 0) is 48.4 Å². The second-order valence-corrected chi connectivity index (χ2v) is 8.30. The summed E-state index contributed by atoms with van der Waals surface area (Å²) >= 11 is 12.3. The van der Waals surface area contributed by atoms with Gasteiger partial charge in [-0.3, -0.25) is 9.59 Å². The van der Waals surface area contributed by atoms with Crippen molar-refractivity contribution < 1.29 is 14.3 Å². The Kier molecular flexibility index (Phi) is 9.16. The maximum atomic E-state index is 13.4. The van der Waals surface area contributed by atoms with E-state index >= 15 is 0 Å². The van der Waals surface area contributed by atoms with E-state index < -0.39 is 6.04 Å². The van der Waals surface area contributed by atoms with E-state index in [1.165, 1.54) is 4.90 Å². The molecule has 0 aliphatic heterocycles. The Hall–Kier alpha value is -3.02. The van der Waals surface area contributed by atoms with Crippen LogP contribution in [0.25, 0.3) is 0 Å². The molecule has 7 heteroatoms. The Morgan fingerprint density at radius 3 is 2.27 bits per heavy atom. The standard InChI is InChI=1S/C26H26Cl2N2O3/c1-2-29-26(32)24(16-19-8-4-3-5-9-19)30(17-20-10-6-7-11-23(20)28)25(31)18-33-22-14-12-21(27)13-15-22/h3-15,24H,2,16-18H2,1H3,(H,29,32)/t24-/m0/s1. The summed E-state index contributed by atoms with van der Waals surface area (Å²) < 4.78 is 5.70. The lowest BCUT2D eigenvalue weighted by Gasteiger charge is -2.31.